The van der Waals surface area contributed by atoms with Crippen molar-refractivity contribution in [1.29, 1.82) is 0 Å². The SMILES string of the molecule is COCCN(CC(=O)O)C(=O)c1ccc(CO)cc1. The fourth-order valence-electron chi connectivity index (χ4n) is 1.55. The van der Waals surface area contributed by atoms with Crippen molar-refractivity contribution in [1.82, 2.24) is 4.90 Å². The summed E-state index contributed by atoms with van der Waals surface area (Å²) in [5, 5.41) is 17.7. The lowest BCUT2D eigenvalue weighted by atomic mass is 10.1. The zero-order valence-electron chi connectivity index (χ0n) is 10.7. The maximum absolute atomic E-state index is 12.1. The van der Waals surface area contributed by atoms with Gasteiger partial charge in [-0.3, -0.25) is 9.59 Å². The standard InChI is InChI=1S/C13H17NO5/c1-19-7-6-14(8-12(16)17)13(18)11-4-2-10(9-15)3-5-11/h2-5,15H,6-9H2,1H3,(H,16,17). The van der Waals surface area contributed by atoms with Crippen LogP contribution in [0.3, 0.4) is 0 Å². The predicted octanol–water partition coefficient (Wildman–Crippen LogP) is 0.352. The molecule has 1 aromatic rings. The van der Waals surface area contributed by atoms with Crippen molar-refractivity contribution in [3.8, 4) is 0 Å². The third kappa shape index (κ3) is 4.69. The maximum atomic E-state index is 12.1. The number of aliphatic hydroxyl groups is 1. The average Bonchev–Trinajstić information content (AvgIpc) is 2.42. The molecule has 1 aromatic carbocycles. The fraction of sp³-hybridized carbons (Fsp3) is 0.385. The van der Waals surface area contributed by atoms with Crippen molar-refractivity contribution >= 4 is 11.9 Å². The van der Waals surface area contributed by atoms with Crippen LogP contribution in [0, 0.1) is 0 Å². The largest absolute Gasteiger partial charge is 0.480 e. The number of amides is 1. The molecule has 0 aliphatic carbocycles. The molecule has 104 valence electrons. The van der Waals surface area contributed by atoms with E-state index in [-0.39, 0.29) is 32.2 Å². The predicted molar refractivity (Wildman–Crippen MR) is 67.8 cm³/mol. The summed E-state index contributed by atoms with van der Waals surface area (Å²) in [5.74, 6) is -1.44. The molecule has 0 radical (unpaired) electrons. The molecule has 0 aliphatic heterocycles. The molecule has 0 saturated heterocycles. The van der Waals surface area contributed by atoms with Crippen molar-refractivity contribution in [3.05, 3.63) is 35.4 Å². The molecule has 2 N–H and O–H groups in total. The van der Waals surface area contributed by atoms with E-state index in [9.17, 15) is 9.59 Å². The minimum atomic E-state index is -1.07. The van der Waals surface area contributed by atoms with Crippen LogP contribution in [0.1, 0.15) is 15.9 Å². The van der Waals surface area contributed by atoms with Gasteiger partial charge in [0.15, 0.2) is 0 Å². The molecule has 6 nitrogen and oxygen atoms in total. The summed E-state index contributed by atoms with van der Waals surface area (Å²) in [7, 11) is 1.49. The molecule has 0 atom stereocenters. The van der Waals surface area contributed by atoms with E-state index < -0.39 is 5.97 Å². The number of ether oxygens (including phenoxy) is 1. The van der Waals surface area contributed by atoms with Crippen molar-refractivity contribution in [2.45, 2.75) is 6.61 Å². The third-order valence-corrected chi connectivity index (χ3v) is 2.56. The Labute approximate surface area is 111 Å². The zero-order chi connectivity index (χ0) is 14.3. The highest BCUT2D eigenvalue weighted by Crippen LogP contribution is 2.08. The number of carbonyl (C=O) groups excluding carboxylic acids is 1. The molecule has 0 heterocycles. The van der Waals surface area contributed by atoms with Gasteiger partial charge in [-0.05, 0) is 17.7 Å². The zero-order valence-corrected chi connectivity index (χ0v) is 10.7. The minimum Gasteiger partial charge on any atom is -0.480 e. The number of methoxy groups -OCH3 is 1. The number of carboxylic acid groups (broad SMARTS) is 1. The Morgan fingerprint density at radius 3 is 2.37 bits per heavy atom. The van der Waals surface area contributed by atoms with Crippen LogP contribution in [0.25, 0.3) is 0 Å². The number of carboxylic acids is 1. The first-order valence-electron chi connectivity index (χ1n) is 5.78. The molecular formula is C13H17NO5. The summed E-state index contributed by atoms with van der Waals surface area (Å²) in [6.07, 6.45) is 0. The van der Waals surface area contributed by atoms with Crippen LogP contribution in [0.4, 0.5) is 0 Å². The fourth-order valence-corrected chi connectivity index (χ4v) is 1.55. The lowest BCUT2D eigenvalue weighted by molar-refractivity contribution is -0.137. The van der Waals surface area contributed by atoms with E-state index in [1.54, 1.807) is 24.3 Å². The van der Waals surface area contributed by atoms with Crippen molar-refractivity contribution in [3.63, 3.8) is 0 Å². The molecule has 0 bridgehead atoms. The van der Waals surface area contributed by atoms with Gasteiger partial charge in [-0.2, -0.15) is 0 Å². The van der Waals surface area contributed by atoms with E-state index in [2.05, 4.69) is 0 Å². The third-order valence-electron chi connectivity index (χ3n) is 2.56. The molecule has 6 heteroatoms. The summed E-state index contributed by atoms with van der Waals surface area (Å²) in [5.41, 5.74) is 1.08. The first kappa shape index (κ1) is 15.1. The first-order valence-corrected chi connectivity index (χ1v) is 5.78. The van der Waals surface area contributed by atoms with Gasteiger partial charge in [-0.15, -0.1) is 0 Å². The number of hydrogen-bond acceptors (Lipinski definition) is 4. The van der Waals surface area contributed by atoms with Crippen LogP contribution in [-0.2, 0) is 16.1 Å². The molecule has 0 saturated carbocycles. The highest BCUT2D eigenvalue weighted by atomic mass is 16.5. The Kier molecular flexibility index (Phi) is 5.98. The van der Waals surface area contributed by atoms with E-state index in [0.717, 1.165) is 0 Å². The second-order valence-electron chi connectivity index (χ2n) is 3.97. The highest BCUT2D eigenvalue weighted by molar-refractivity contribution is 5.95. The Morgan fingerprint density at radius 2 is 1.89 bits per heavy atom. The van der Waals surface area contributed by atoms with Crippen molar-refractivity contribution in [2.75, 3.05) is 26.8 Å². The number of nitrogens with zero attached hydrogens (tertiary/aromatic N) is 1. The van der Waals surface area contributed by atoms with Crippen molar-refractivity contribution < 1.29 is 24.5 Å². The molecule has 0 unspecified atom stereocenters. The van der Waals surface area contributed by atoms with Crippen LogP contribution >= 0.6 is 0 Å². The molecule has 0 aromatic heterocycles. The van der Waals surface area contributed by atoms with Gasteiger partial charge in [-0.1, -0.05) is 12.1 Å². The Hall–Kier alpha value is -1.92. The number of rotatable bonds is 7. The maximum Gasteiger partial charge on any atom is 0.323 e. The van der Waals surface area contributed by atoms with Gasteiger partial charge >= 0.3 is 5.97 Å². The minimum absolute atomic E-state index is 0.100. The van der Waals surface area contributed by atoms with Gasteiger partial charge in [0.25, 0.3) is 5.91 Å². The van der Waals surface area contributed by atoms with Gasteiger partial charge in [0, 0.05) is 19.2 Å². The van der Waals surface area contributed by atoms with Crippen molar-refractivity contribution in [2.24, 2.45) is 0 Å². The molecule has 19 heavy (non-hydrogen) atoms. The summed E-state index contributed by atoms with van der Waals surface area (Å²) in [6, 6.07) is 6.39. The van der Waals surface area contributed by atoms with E-state index in [4.69, 9.17) is 14.9 Å². The molecule has 1 amide bonds. The smallest absolute Gasteiger partial charge is 0.323 e. The van der Waals surface area contributed by atoms with E-state index >= 15 is 0 Å². The molecule has 1 rings (SSSR count). The van der Waals surface area contributed by atoms with Gasteiger partial charge in [0.05, 0.1) is 13.2 Å². The van der Waals surface area contributed by atoms with Gasteiger partial charge in [-0.25, -0.2) is 0 Å². The summed E-state index contributed by atoms with van der Waals surface area (Å²) in [6.45, 7) is 0.0120. The summed E-state index contributed by atoms with van der Waals surface area (Å²) >= 11 is 0. The van der Waals surface area contributed by atoms with Crippen LogP contribution < -0.4 is 0 Å². The number of benzene rings is 1. The lowest BCUT2D eigenvalue weighted by Crippen LogP contribution is -2.38. The Bertz CT molecular complexity index is 429. The molecule has 0 fully saturated rings. The van der Waals surface area contributed by atoms with Crippen LogP contribution in [0.2, 0.25) is 0 Å². The number of aliphatic hydroxyl groups excluding tert-OH is 1. The van der Waals surface area contributed by atoms with Gasteiger partial charge in [0.2, 0.25) is 0 Å². The summed E-state index contributed by atoms with van der Waals surface area (Å²) < 4.78 is 4.86. The number of carbonyl (C=O) groups is 2. The van der Waals surface area contributed by atoms with Crippen LogP contribution in [-0.4, -0.2) is 53.8 Å². The van der Waals surface area contributed by atoms with Gasteiger partial charge in [0.1, 0.15) is 6.54 Å². The highest BCUT2D eigenvalue weighted by Gasteiger charge is 2.18. The molecular weight excluding hydrogens is 250 g/mol. The number of hydrogen-bond donors (Lipinski definition) is 2. The second-order valence-corrected chi connectivity index (χ2v) is 3.97. The quantitative estimate of drug-likeness (QED) is 0.744. The normalized spacial score (nSPS) is 10.2. The van der Waals surface area contributed by atoms with Crippen LogP contribution in [0.5, 0.6) is 0 Å². The lowest BCUT2D eigenvalue weighted by Gasteiger charge is -2.20. The Morgan fingerprint density at radius 1 is 1.26 bits per heavy atom. The van der Waals surface area contributed by atoms with E-state index in [1.807, 2.05) is 0 Å². The Balaban J connectivity index is 2.81. The molecule has 0 spiro atoms. The average molecular weight is 267 g/mol. The van der Waals surface area contributed by atoms with E-state index in [1.165, 1.54) is 12.0 Å². The summed E-state index contributed by atoms with van der Waals surface area (Å²) in [4.78, 5) is 24.1. The number of aliphatic carboxylic acids is 1. The van der Waals surface area contributed by atoms with Crippen LogP contribution in [0.15, 0.2) is 24.3 Å². The van der Waals surface area contributed by atoms with Gasteiger partial charge < -0.3 is 19.8 Å². The van der Waals surface area contributed by atoms with E-state index in [0.29, 0.717) is 11.1 Å². The molecule has 0 aliphatic rings. The topological polar surface area (TPSA) is 87.1 Å². The monoisotopic (exact) mass is 267 g/mol. The second kappa shape index (κ2) is 7.50. The first-order chi connectivity index (χ1) is 9.08.